The highest BCUT2D eigenvalue weighted by Gasteiger charge is 2.16. The van der Waals surface area contributed by atoms with Crippen LogP contribution in [-0.4, -0.2) is 61.5 Å². The van der Waals surface area contributed by atoms with E-state index in [1.807, 2.05) is 6.92 Å². The summed E-state index contributed by atoms with van der Waals surface area (Å²) in [5.74, 6) is -0.623. The number of amides is 3. The van der Waals surface area contributed by atoms with E-state index in [4.69, 9.17) is 4.74 Å². The van der Waals surface area contributed by atoms with Crippen molar-refractivity contribution >= 4 is 30.7 Å². The lowest BCUT2D eigenvalue weighted by Crippen LogP contribution is -2.39. The summed E-state index contributed by atoms with van der Waals surface area (Å²) < 4.78 is 4.94. The fourth-order valence-electron chi connectivity index (χ4n) is 1.19. The van der Waals surface area contributed by atoms with Crippen LogP contribution in [0.2, 0.25) is 0 Å². The highest BCUT2D eigenvalue weighted by atomic mass is 16.7. The third-order valence-electron chi connectivity index (χ3n) is 2.19. The number of hydrogen-bond donors (Lipinski definition) is 2. The van der Waals surface area contributed by atoms with E-state index in [0.29, 0.717) is 12.8 Å². The summed E-state index contributed by atoms with van der Waals surface area (Å²) in [5.41, 5.74) is -0.536. The fourth-order valence-corrected chi connectivity index (χ4v) is 1.19. The number of ether oxygens (including phenoxy) is 1. The van der Waals surface area contributed by atoms with Crippen LogP contribution >= 0.6 is 0 Å². The molecule has 0 radical (unpaired) electrons. The molecule has 0 fully saturated rings. The summed E-state index contributed by atoms with van der Waals surface area (Å²) in [6.07, 6.45) is 0.259. The largest absolute Gasteiger partial charge is 0.444 e. The molecule has 0 bridgehead atoms. The van der Waals surface area contributed by atoms with Crippen LogP contribution in [0, 0.1) is 0 Å². The van der Waals surface area contributed by atoms with E-state index in [9.17, 15) is 24.0 Å². The number of carbonyl (C=O) groups excluding carboxylic acids is 5. The molecular weight excluding hydrogens is 334 g/mol. The van der Waals surface area contributed by atoms with Gasteiger partial charge in [-0.3, -0.25) is 14.4 Å². The molecular formula is C15H27N3O7. The molecule has 0 rings (SSSR count). The van der Waals surface area contributed by atoms with Gasteiger partial charge in [0.05, 0.1) is 6.54 Å². The Morgan fingerprint density at radius 3 is 2.16 bits per heavy atom. The van der Waals surface area contributed by atoms with Gasteiger partial charge in [0.15, 0.2) is 0 Å². The number of alkyl carbamates (subject to hydrolysis) is 1. The van der Waals surface area contributed by atoms with Crippen molar-refractivity contribution in [3.63, 3.8) is 0 Å². The molecule has 0 aliphatic rings. The number of nitrogens with one attached hydrogen (secondary N) is 2. The summed E-state index contributed by atoms with van der Waals surface area (Å²) in [5, 5.41) is 5.69. The SMILES string of the molecule is CCNC(=O)CNC(=O)OC(C)(C)C.CN(OC=O)C(=O)CCC=O. The summed E-state index contributed by atoms with van der Waals surface area (Å²) in [4.78, 5) is 56.5. The highest BCUT2D eigenvalue weighted by Crippen LogP contribution is 2.05. The standard InChI is InChI=1S/C9H18N2O3.C6H9NO4/c1-5-10-7(12)6-11-8(13)14-9(2,3)4;1-7(11-5-9)6(10)3-2-4-8/h5-6H2,1-4H3,(H,10,12)(H,11,13);4-5H,2-3H2,1H3. The third kappa shape index (κ3) is 17.5. The number of hydrogen-bond acceptors (Lipinski definition) is 7. The minimum absolute atomic E-state index is 0.0528. The molecule has 0 saturated carbocycles. The zero-order valence-corrected chi connectivity index (χ0v) is 15.3. The van der Waals surface area contributed by atoms with Crippen molar-refractivity contribution < 1.29 is 33.5 Å². The molecule has 0 aromatic heterocycles. The Bertz CT molecular complexity index is 447. The first-order valence-corrected chi connectivity index (χ1v) is 7.61. The van der Waals surface area contributed by atoms with Gasteiger partial charge in [0, 0.05) is 26.4 Å². The molecule has 2 N–H and O–H groups in total. The molecule has 0 aromatic carbocycles. The van der Waals surface area contributed by atoms with Crippen molar-refractivity contribution in [1.29, 1.82) is 0 Å². The second-order valence-corrected chi connectivity index (χ2v) is 5.61. The Hall–Kier alpha value is -2.65. The Labute approximate surface area is 147 Å². The third-order valence-corrected chi connectivity index (χ3v) is 2.19. The second kappa shape index (κ2) is 13.8. The van der Waals surface area contributed by atoms with Gasteiger partial charge in [-0.25, -0.2) is 4.79 Å². The quantitative estimate of drug-likeness (QED) is 0.465. The maximum Gasteiger partial charge on any atom is 0.408 e. The van der Waals surface area contributed by atoms with Crippen LogP contribution in [0.3, 0.4) is 0 Å². The fraction of sp³-hybridized carbons (Fsp3) is 0.667. The summed E-state index contributed by atoms with van der Waals surface area (Å²) in [6.45, 7) is 7.75. The predicted molar refractivity (Wildman–Crippen MR) is 88.1 cm³/mol. The molecule has 144 valence electrons. The van der Waals surface area contributed by atoms with Gasteiger partial charge in [0.25, 0.3) is 5.91 Å². The van der Waals surface area contributed by atoms with Gasteiger partial charge >= 0.3 is 12.6 Å². The van der Waals surface area contributed by atoms with Gasteiger partial charge < -0.3 is 25.0 Å². The van der Waals surface area contributed by atoms with E-state index >= 15 is 0 Å². The second-order valence-electron chi connectivity index (χ2n) is 5.61. The molecule has 0 atom stereocenters. The average molecular weight is 361 g/mol. The van der Waals surface area contributed by atoms with Gasteiger partial charge in [-0.05, 0) is 27.7 Å². The molecule has 0 aliphatic carbocycles. The first-order valence-electron chi connectivity index (χ1n) is 7.61. The molecule has 0 aliphatic heterocycles. The van der Waals surface area contributed by atoms with E-state index < -0.39 is 17.6 Å². The zero-order valence-electron chi connectivity index (χ0n) is 15.3. The Balaban J connectivity index is 0. The predicted octanol–water partition coefficient (Wildman–Crippen LogP) is 0.159. The molecule has 0 spiro atoms. The molecule has 3 amide bonds. The van der Waals surface area contributed by atoms with Crippen molar-refractivity contribution in [3.8, 4) is 0 Å². The number of aldehydes is 1. The first-order chi connectivity index (χ1) is 11.6. The van der Waals surface area contributed by atoms with Crippen molar-refractivity contribution in [2.45, 2.75) is 46.1 Å². The van der Waals surface area contributed by atoms with Crippen molar-refractivity contribution in [2.75, 3.05) is 20.1 Å². The average Bonchev–Trinajstić information content (AvgIpc) is 2.50. The van der Waals surface area contributed by atoms with E-state index in [2.05, 4.69) is 15.5 Å². The van der Waals surface area contributed by atoms with Gasteiger partial charge in [0.2, 0.25) is 5.91 Å². The number of likely N-dealkylation sites (N-methyl/N-ethyl adjacent to an activating group) is 1. The molecule has 0 heterocycles. The highest BCUT2D eigenvalue weighted by molar-refractivity contribution is 5.82. The first kappa shape index (κ1) is 24.6. The van der Waals surface area contributed by atoms with Crippen molar-refractivity contribution in [3.05, 3.63) is 0 Å². The van der Waals surface area contributed by atoms with E-state index in [-0.39, 0.29) is 31.8 Å². The lowest BCUT2D eigenvalue weighted by Gasteiger charge is -2.19. The normalized spacial score (nSPS) is 9.64. The van der Waals surface area contributed by atoms with Crippen molar-refractivity contribution in [1.82, 2.24) is 15.7 Å². The number of carbonyl (C=O) groups is 5. The number of hydroxylamine groups is 2. The number of nitrogens with zero attached hydrogens (tertiary/aromatic N) is 1. The summed E-state index contributed by atoms with van der Waals surface area (Å²) in [7, 11) is 1.31. The zero-order chi connectivity index (χ0) is 19.9. The lowest BCUT2D eigenvalue weighted by molar-refractivity contribution is -0.181. The van der Waals surface area contributed by atoms with Crippen LogP contribution in [0.1, 0.15) is 40.5 Å². The van der Waals surface area contributed by atoms with Crippen molar-refractivity contribution in [2.24, 2.45) is 0 Å². The minimum atomic E-state index is -0.580. The van der Waals surface area contributed by atoms with Crippen LogP contribution in [0.25, 0.3) is 0 Å². The Morgan fingerprint density at radius 1 is 1.12 bits per heavy atom. The summed E-state index contributed by atoms with van der Waals surface area (Å²) >= 11 is 0. The van der Waals surface area contributed by atoms with Crippen LogP contribution in [0.4, 0.5) is 4.79 Å². The molecule has 0 unspecified atom stereocenters. The Morgan fingerprint density at radius 2 is 1.72 bits per heavy atom. The summed E-state index contributed by atoms with van der Waals surface area (Å²) in [6, 6.07) is 0. The van der Waals surface area contributed by atoms with E-state index in [1.54, 1.807) is 20.8 Å². The molecule has 0 saturated heterocycles. The minimum Gasteiger partial charge on any atom is -0.444 e. The van der Waals surface area contributed by atoms with Gasteiger partial charge in [0.1, 0.15) is 11.9 Å². The Kier molecular flexibility index (Phi) is 13.5. The van der Waals surface area contributed by atoms with E-state index in [0.717, 1.165) is 5.06 Å². The topological polar surface area (TPSA) is 131 Å². The maximum absolute atomic E-state index is 11.1. The molecule has 0 aromatic rings. The maximum atomic E-state index is 11.1. The molecule has 10 nitrogen and oxygen atoms in total. The van der Waals surface area contributed by atoms with Crippen LogP contribution < -0.4 is 10.6 Å². The number of rotatable bonds is 8. The molecule has 10 heteroatoms. The van der Waals surface area contributed by atoms with Crippen LogP contribution in [0.15, 0.2) is 0 Å². The van der Waals surface area contributed by atoms with Gasteiger partial charge in [-0.15, -0.1) is 0 Å². The van der Waals surface area contributed by atoms with Gasteiger partial charge in [-0.1, -0.05) is 0 Å². The monoisotopic (exact) mass is 361 g/mol. The smallest absolute Gasteiger partial charge is 0.408 e. The van der Waals surface area contributed by atoms with Crippen LogP contribution in [0.5, 0.6) is 0 Å². The lowest BCUT2D eigenvalue weighted by atomic mass is 10.2. The van der Waals surface area contributed by atoms with Gasteiger partial charge in [-0.2, -0.15) is 5.06 Å². The van der Waals surface area contributed by atoms with E-state index in [1.165, 1.54) is 7.05 Å². The van der Waals surface area contributed by atoms with Crippen LogP contribution in [-0.2, 0) is 28.8 Å². The molecule has 25 heavy (non-hydrogen) atoms.